The van der Waals surface area contributed by atoms with Crippen molar-refractivity contribution in [1.29, 1.82) is 0 Å². The van der Waals surface area contributed by atoms with Crippen LogP contribution in [0.4, 0.5) is 30.7 Å². The minimum atomic E-state index is -5.11. The fraction of sp³-hybridized carbons (Fsp3) is 0.500. The molecular formula is C16H17F7N2. The number of halogens is 7. The monoisotopic (exact) mass is 370 g/mol. The number of benzene rings is 1. The van der Waals surface area contributed by atoms with Crippen LogP contribution in [0.25, 0.3) is 0 Å². The maximum absolute atomic E-state index is 14.4. The van der Waals surface area contributed by atoms with Gasteiger partial charge in [-0.05, 0) is 18.6 Å². The molecular weight excluding hydrogens is 353 g/mol. The second kappa shape index (κ2) is 7.33. The third kappa shape index (κ3) is 4.52. The van der Waals surface area contributed by atoms with Crippen molar-refractivity contribution in [3.63, 3.8) is 0 Å². The molecule has 0 radical (unpaired) electrons. The van der Waals surface area contributed by atoms with Gasteiger partial charge in [-0.25, -0.2) is 4.39 Å². The molecule has 0 amide bonds. The molecule has 1 aliphatic rings. The van der Waals surface area contributed by atoms with Crippen molar-refractivity contribution in [3.8, 4) is 0 Å². The third-order valence-electron chi connectivity index (χ3n) is 4.08. The lowest BCUT2D eigenvalue weighted by molar-refractivity contribution is -0.144. The molecule has 1 fully saturated rings. The Morgan fingerprint density at radius 1 is 1.08 bits per heavy atom. The molecule has 1 atom stereocenters. The first-order valence-electron chi connectivity index (χ1n) is 7.59. The maximum atomic E-state index is 14.4. The zero-order chi connectivity index (χ0) is 18.8. The van der Waals surface area contributed by atoms with Crippen LogP contribution >= 0.6 is 0 Å². The molecule has 1 heterocycles. The van der Waals surface area contributed by atoms with Crippen LogP contribution in [0.15, 0.2) is 24.8 Å². The summed E-state index contributed by atoms with van der Waals surface area (Å²) in [5, 5.41) is 3.02. The first-order chi connectivity index (χ1) is 11.6. The van der Waals surface area contributed by atoms with Crippen molar-refractivity contribution >= 4 is 0 Å². The second-order valence-electron chi connectivity index (χ2n) is 5.74. The third-order valence-corrected chi connectivity index (χ3v) is 4.08. The molecule has 0 aliphatic carbocycles. The van der Waals surface area contributed by atoms with Gasteiger partial charge < -0.3 is 5.32 Å². The lowest BCUT2D eigenvalue weighted by Gasteiger charge is -2.36. The van der Waals surface area contributed by atoms with Crippen molar-refractivity contribution in [2.45, 2.75) is 24.8 Å². The van der Waals surface area contributed by atoms with E-state index < -0.39 is 40.9 Å². The van der Waals surface area contributed by atoms with Crippen LogP contribution in [0.2, 0.25) is 0 Å². The van der Waals surface area contributed by atoms with Gasteiger partial charge in [-0.1, -0.05) is 6.08 Å². The van der Waals surface area contributed by atoms with Gasteiger partial charge >= 0.3 is 12.4 Å². The van der Waals surface area contributed by atoms with E-state index in [9.17, 15) is 30.7 Å². The quantitative estimate of drug-likeness (QED) is 0.625. The Kier molecular flexibility index (Phi) is 5.78. The van der Waals surface area contributed by atoms with Crippen LogP contribution in [0, 0.1) is 5.82 Å². The Hall–Kier alpha value is -1.61. The van der Waals surface area contributed by atoms with E-state index in [0.29, 0.717) is 26.2 Å². The molecule has 1 saturated heterocycles. The largest absolute Gasteiger partial charge is 0.416 e. The van der Waals surface area contributed by atoms with E-state index in [1.807, 2.05) is 0 Å². The van der Waals surface area contributed by atoms with E-state index in [1.165, 1.54) is 6.08 Å². The molecule has 0 bridgehead atoms. The number of nitrogens with zero attached hydrogens (tertiary/aromatic N) is 1. The summed E-state index contributed by atoms with van der Waals surface area (Å²) in [6.07, 6.45) is -8.84. The molecule has 0 saturated carbocycles. The van der Waals surface area contributed by atoms with Gasteiger partial charge in [0.25, 0.3) is 0 Å². The van der Waals surface area contributed by atoms with Gasteiger partial charge in [0.2, 0.25) is 0 Å². The predicted octanol–water partition coefficient (Wildman–Crippen LogP) is 4.39. The molecule has 1 aromatic rings. The summed E-state index contributed by atoms with van der Waals surface area (Å²) in [6, 6.07) is -0.918. The first-order valence-corrected chi connectivity index (χ1v) is 7.59. The lowest BCUT2D eigenvalue weighted by Crippen LogP contribution is -2.45. The van der Waals surface area contributed by atoms with E-state index in [2.05, 4.69) is 11.9 Å². The highest BCUT2D eigenvalue weighted by Gasteiger charge is 2.42. The van der Waals surface area contributed by atoms with Crippen LogP contribution in [0.3, 0.4) is 0 Å². The molecule has 2 rings (SSSR count). The summed E-state index contributed by atoms with van der Waals surface area (Å²) in [4.78, 5) is 1.62. The standard InChI is InChI=1S/C16H17F7N2/c1-2-3-13(25-6-4-24-5-7-25)14-11(16(21,22)23)8-10(9-12(14)17)15(18,19)20/h2,8-9,13,24H,1,3-7H2/t13-/m1/s1. The molecule has 1 aromatic carbocycles. The summed E-state index contributed by atoms with van der Waals surface area (Å²) in [5.41, 5.74) is -4.01. The molecule has 2 nitrogen and oxygen atoms in total. The number of hydrogen-bond acceptors (Lipinski definition) is 2. The summed E-state index contributed by atoms with van der Waals surface area (Å²) in [6.45, 7) is 5.18. The van der Waals surface area contributed by atoms with E-state index in [1.54, 1.807) is 4.90 Å². The number of alkyl halides is 6. The van der Waals surface area contributed by atoms with Crippen LogP contribution in [0.1, 0.15) is 29.2 Å². The Morgan fingerprint density at radius 2 is 1.68 bits per heavy atom. The molecule has 140 valence electrons. The first kappa shape index (κ1) is 19.7. The van der Waals surface area contributed by atoms with Crippen molar-refractivity contribution in [2.75, 3.05) is 26.2 Å². The number of hydrogen-bond donors (Lipinski definition) is 1. The highest BCUT2D eigenvalue weighted by molar-refractivity contribution is 5.39. The Morgan fingerprint density at radius 3 is 2.16 bits per heavy atom. The average molecular weight is 370 g/mol. The van der Waals surface area contributed by atoms with Crippen molar-refractivity contribution < 1.29 is 30.7 Å². The zero-order valence-electron chi connectivity index (χ0n) is 13.1. The molecule has 1 N–H and O–H groups in total. The average Bonchev–Trinajstić information content (AvgIpc) is 2.51. The topological polar surface area (TPSA) is 15.3 Å². The van der Waals surface area contributed by atoms with E-state index in [-0.39, 0.29) is 18.6 Å². The van der Waals surface area contributed by atoms with Crippen molar-refractivity contribution in [1.82, 2.24) is 10.2 Å². The number of nitrogens with one attached hydrogen (secondary N) is 1. The van der Waals surface area contributed by atoms with Gasteiger partial charge in [-0.3, -0.25) is 4.90 Å². The van der Waals surface area contributed by atoms with Crippen molar-refractivity contribution in [3.05, 3.63) is 47.3 Å². The predicted molar refractivity (Wildman–Crippen MR) is 78.4 cm³/mol. The van der Waals surface area contributed by atoms with E-state index in [0.717, 1.165) is 0 Å². The zero-order valence-corrected chi connectivity index (χ0v) is 13.1. The van der Waals surface area contributed by atoms with Gasteiger partial charge in [-0.15, -0.1) is 6.58 Å². The summed E-state index contributed by atoms with van der Waals surface area (Å²) in [7, 11) is 0. The minimum absolute atomic E-state index is 0.00857. The molecule has 9 heteroatoms. The highest BCUT2D eigenvalue weighted by Crippen LogP contribution is 2.42. The maximum Gasteiger partial charge on any atom is 0.416 e. The second-order valence-corrected chi connectivity index (χ2v) is 5.74. The van der Waals surface area contributed by atoms with Gasteiger partial charge in [-0.2, -0.15) is 26.3 Å². The minimum Gasteiger partial charge on any atom is -0.314 e. The van der Waals surface area contributed by atoms with Gasteiger partial charge in [0, 0.05) is 37.8 Å². The van der Waals surface area contributed by atoms with Gasteiger partial charge in [0.1, 0.15) is 5.82 Å². The Labute approximate surface area is 140 Å². The Balaban J connectivity index is 2.61. The summed E-state index contributed by atoms with van der Waals surface area (Å²) >= 11 is 0. The van der Waals surface area contributed by atoms with E-state index >= 15 is 0 Å². The Bertz CT molecular complexity index is 616. The van der Waals surface area contributed by atoms with Crippen LogP contribution < -0.4 is 5.32 Å². The van der Waals surface area contributed by atoms with Crippen LogP contribution in [-0.4, -0.2) is 31.1 Å². The molecule has 25 heavy (non-hydrogen) atoms. The molecule has 0 spiro atoms. The number of rotatable bonds is 4. The molecule has 0 aromatic heterocycles. The fourth-order valence-electron chi connectivity index (χ4n) is 2.96. The lowest BCUT2D eigenvalue weighted by atomic mass is 9.93. The smallest absolute Gasteiger partial charge is 0.314 e. The SMILES string of the molecule is C=CC[C@H](c1c(F)cc(C(F)(F)F)cc1C(F)(F)F)N1CCNCC1. The fourth-order valence-corrected chi connectivity index (χ4v) is 2.96. The van der Waals surface area contributed by atoms with Gasteiger partial charge in [0.15, 0.2) is 0 Å². The summed E-state index contributed by atoms with van der Waals surface area (Å²) < 4.78 is 93.0. The van der Waals surface area contributed by atoms with Crippen molar-refractivity contribution in [2.24, 2.45) is 0 Å². The van der Waals surface area contributed by atoms with Crippen LogP contribution in [0.5, 0.6) is 0 Å². The molecule has 1 aliphatic heterocycles. The van der Waals surface area contributed by atoms with Crippen LogP contribution in [-0.2, 0) is 12.4 Å². The van der Waals surface area contributed by atoms with Gasteiger partial charge in [0.05, 0.1) is 11.1 Å². The summed E-state index contributed by atoms with van der Waals surface area (Å²) in [5.74, 6) is -1.51. The highest BCUT2D eigenvalue weighted by atomic mass is 19.4. The van der Waals surface area contributed by atoms with E-state index in [4.69, 9.17) is 0 Å². The molecule has 0 unspecified atom stereocenters. The normalized spacial score (nSPS) is 18.2. The number of piperazine rings is 1.